The van der Waals surface area contributed by atoms with E-state index in [9.17, 15) is 0 Å². The van der Waals surface area contributed by atoms with Gasteiger partial charge in [0.25, 0.3) is 0 Å². The van der Waals surface area contributed by atoms with Crippen LogP contribution in [0.15, 0.2) is 0 Å². The lowest BCUT2D eigenvalue weighted by Gasteiger charge is -2.30. The lowest BCUT2D eigenvalue weighted by atomic mass is 9.90. The second-order valence-corrected chi connectivity index (χ2v) is 8.30. The van der Waals surface area contributed by atoms with E-state index in [0.717, 1.165) is 19.3 Å². The van der Waals surface area contributed by atoms with Crippen LogP contribution in [-0.4, -0.2) is 35.0 Å². The van der Waals surface area contributed by atoms with Gasteiger partial charge in [0.2, 0.25) is 0 Å². The third kappa shape index (κ3) is 3.29. The molecule has 2 heterocycles. The van der Waals surface area contributed by atoms with Gasteiger partial charge in [-0.1, -0.05) is 0 Å². The van der Waals surface area contributed by atoms with Crippen LogP contribution in [0.4, 0.5) is 0 Å². The lowest BCUT2D eigenvalue weighted by Crippen LogP contribution is -2.41. The van der Waals surface area contributed by atoms with Crippen molar-refractivity contribution in [2.45, 2.75) is 110 Å². The zero-order chi connectivity index (χ0) is 16.1. The molecule has 2 aliphatic rings. The Morgan fingerprint density at radius 1 is 0.524 bits per heavy atom. The Bertz CT molecular complexity index is 316. The maximum absolute atomic E-state index is 6.01. The van der Waals surface area contributed by atoms with Gasteiger partial charge in [0, 0.05) is 0 Å². The third-order valence-corrected chi connectivity index (χ3v) is 5.48. The van der Waals surface area contributed by atoms with Crippen LogP contribution in [0.2, 0.25) is 0 Å². The van der Waals surface area contributed by atoms with Gasteiger partial charge >= 0.3 is 0 Å². The summed E-state index contributed by atoms with van der Waals surface area (Å²) in [4.78, 5) is 0. The van der Waals surface area contributed by atoms with Gasteiger partial charge in [-0.05, 0) is 74.7 Å². The van der Waals surface area contributed by atoms with Crippen LogP contribution in [0.5, 0.6) is 0 Å². The van der Waals surface area contributed by atoms with Gasteiger partial charge in [-0.25, -0.2) is 0 Å². The highest BCUT2D eigenvalue weighted by Gasteiger charge is 2.50. The Balaban J connectivity index is 1.77. The summed E-state index contributed by atoms with van der Waals surface area (Å²) in [5.74, 6) is 0. The first-order chi connectivity index (χ1) is 9.36. The smallest absolute Gasteiger partial charge is 0.159 e. The highest BCUT2D eigenvalue weighted by atomic mass is 16.8. The van der Waals surface area contributed by atoms with Gasteiger partial charge in [0.1, 0.15) is 0 Å². The molecule has 2 saturated heterocycles. The standard InChI is InChI=1S/C17H32O4/c1-14(2)15(3,4)19-12(18-14)10-9-11-13-20-16(5,6)17(7,8)21-13/h12-13H,9-11H2,1-8H3. The SMILES string of the molecule is CC1(C)OC(CCCC2OC(C)(C)C(C)(C)O2)OC1(C)C. The summed E-state index contributed by atoms with van der Waals surface area (Å²) >= 11 is 0. The molecule has 0 bridgehead atoms. The highest BCUT2D eigenvalue weighted by molar-refractivity contribution is 4.95. The van der Waals surface area contributed by atoms with Crippen LogP contribution in [0.1, 0.15) is 74.7 Å². The lowest BCUT2D eigenvalue weighted by molar-refractivity contribution is -0.108. The molecule has 2 fully saturated rings. The first kappa shape index (κ1) is 17.2. The van der Waals surface area contributed by atoms with Crippen LogP contribution in [0.3, 0.4) is 0 Å². The highest BCUT2D eigenvalue weighted by Crippen LogP contribution is 2.41. The summed E-state index contributed by atoms with van der Waals surface area (Å²) in [5.41, 5.74) is -0.992. The van der Waals surface area contributed by atoms with Crippen molar-refractivity contribution in [3.63, 3.8) is 0 Å². The maximum atomic E-state index is 6.01. The normalized spacial score (nSPS) is 30.9. The number of ether oxygens (including phenoxy) is 4. The monoisotopic (exact) mass is 300 g/mol. The molecule has 0 spiro atoms. The Hall–Kier alpha value is -0.160. The molecule has 0 unspecified atom stereocenters. The second kappa shape index (κ2) is 5.19. The van der Waals surface area contributed by atoms with Crippen LogP contribution in [-0.2, 0) is 18.9 Å². The molecule has 0 radical (unpaired) electrons. The van der Waals surface area contributed by atoms with E-state index in [0.29, 0.717) is 0 Å². The van der Waals surface area contributed by atoms with E-state index in [1.165, 1.54) is 0 Å². The zero-order valence-electron chi connectivity index (χ0n) is 14.9. The molecule has 4 heteroatoms. The molecule has 2 rings (SSSR count). The second-order valence-electron chi connectivity index (χ2n) is 8.30. The zero-order valence-corrected chi connectivity index (χ0v) is 14.9. The molecule has 124 valence electrons. The quantitative estimate of drug-likeness (QED) is 0.786. The minimum absolute atomic E-state index is 0.127. The first-order valence-electron chi connectivity index (χ1n) is 8.08. The fourth-order valence-electron chi connectivity index (χ4n) is 2.62. The number of rotatable bonds is 4. The fourth-order valence-corrected chi connectivity index (χ4v) is 2.62. The summed E-state index contributed by atoms with van der Waals surface area (Å²) in [6.07, 6.45) is 2.46. The summed E-state index contributed by atoms with van der Waals surface area (Å²) in [5, 5.41) is 0. The molecule has 4 nitrogen and oxygen atoms in total. The van der Waals surface area contributed by atoms with E-state index in [1.54, 1.807) is 0 Å². The molecule has 0 atom stereocenters. The van der Waals surface area contributed by atoms with Crippen molar-refractivity contribution in [2.24, 2.45) is 0 Å². The third-order valence-electron chi connectivity index (χ3n) is 5.48. The Kier molecular flexibility index (Phi) is 4.25. The van der Waals surface area contributed by atoms with Crippen LogP contribution in [0, 0.1) is 0 Å². The van der Waals surface area contributed by atoms with Gasteiger partial charge < -0.3 is 18.9 Å². The Morgan fingerprint density at radius 3 is 1.00 bits per heavy atom. The fraction of sp³-hybridized carbons (Fsp3) is 1.00. The van der Waals surface area contributed by atoms with Gasteiger partial charge in [0.05, 0.1) is 22.4 Å². The van der Waals surface area contributed by atoms with E-state index in [2.05, 4.69) is 55.4 Å². The van der Waals surface area contributed by atoms with Crippen molar-refractivity contribution < 1.29 is 18.9 Å². The number of hydrogen-bond donors (Lipinski definition) is 0. The summed E-state index contributed by atoms with van der Waals surface area (Å²) < 4.78 is 24.0. The molecule has 0 aromatic heterocycles. The van der Waals surface area contributed by atoms with E-state index < -0.39 is 0 Å². The Morgan fingerprint density at radius 2 is 0.762 bits per heavy atom. The van der Waals surface area contributed by atoms with Crippen LogP contribution < -0.4 is 0 Å². The number of hydrogen-bond acceptors (Lipinski definition) is 4. The molecule has 0 amide bonds. The van der Waals surface area contributed by atoms with Gasteiger partial charge in [-0.2, -0.15) is 0 Å². The van der Waals surface area contributed by atoms with Gasteiger partial charge in [-0.15, -0.1) is 0 Å². The predicted molar refractivity (Wildman–Crippen MR) is 82.1 cm³/mol. The summed E-state index contributed by atoms with van der Waals surface area (Å²) in [7, 11) is 0. The maximum Gasteiger partial charge on any atom is 0.159 e. The molecule has 0 saturated carbocycles. The van der Waals surface area contributed by atoms with E-state index >= 15 is 0 Å². The van der Waals surface area contributed by atoms with Crippen molar-refractivity contribution in [3.05, 3.63) is 0 Å². The Labute approximate surface area is 129 Å². The first-order valence-corrected chi connectivity index (χ1v) is 8.08. The van der Waals surface area contributed by atoms with Crippen molar-refractivity contribution in [2.75, 3.05) is 0 Å². The molecule has 21 heavy (non-hydrogen) atoms. The molecule has 2 aliphatic heterocycles. The van der Waals surface area contributed by atoms with E-state index in [-0.39, 0.29) is 35.0 Å². The minimum Gasteiger partial charge on any atom is -0.344 e. The largest absolute Gasteiger partial charge is 0.344 e. The molecule has 0 N–H and O–H groups in total. The van der Waals surface area contributed by atoms with Crippen molar-refractivity contribution in [3.8, 4) is 0 Å². The van der Waals surface area contributed by atoms with Crippen LogP contribution >= 0.6 is 0 Å². The molecular weight excluding hydrogens is 268 g/mol. The average Bonchev–Trinajstić information content (AvgIpc) is 2.57. The molecular formula is C17H32O4. The van der Waals surface area contributed by atoms with Gasteiger partial charge in [-0.3, -0.25) is 0 Å². The predicted octanol–water partition coefficient (Wildman–Crippen LogP) is 4.02. The molecule has 0 aromatic carbocycles. The summed E-state index contributed by atoms with van der Waals surface area (Å²) in [6, 6.07) is 0. The molecule has 0 aliphatic carbocycles. The van der Waals surface area contributed by atoms with Crippen molar-refractivity contribution >= 4 is 0 Å². The van der Waals surface area contributed by atoms with Crippen molar-refractivity contribution in [1.29, 1.82) is 0 Å². The minimum atomic E-state index is -0.248. The summed E-state index contributed by atoms with van der Waals surface area (Å²) in [6.45, 7) is 16.7. The van der Waals surface area contributed by atoms with Gasteiger partial charge in [0.15, 0.2) is 12.6 Å². The van der Waals surface area contributed by atoms with Crippen LogP contribution in [0.25, 0.3) is 0 Å². The van der Waals surface area contributed by atoms with E-state index in [4.69, 9.17) is 18.9 Å². The van der Waals surface area contributed by atoms with E-state index in [1.807, 2.05) is 0 Å². The average molecular weight is 300 g/mol. The molecule has 0 aromatic rings. The topological polar surface area (TPSA) is 36.9 Å². The van der Waals surface area contributed by atoms with Crippen molar-refractivity contribution in [1.82, 2.24) is 0 Å².